The summed E-state index contributed by atoms with van der Waals surface area (Å²) < 4.78 is 6.92. The van der Waals surface area contributed by atoms with E-state index in [2.05, 4.69) is 15.7 Å². The zero-order valence-electron chi connectivity index (χ0n) is 17.8. The standard InChI is InChI=1S/C24H21ClN4O4/c1-33-20-11-13(5-10-18(20)30)22-21-17(3-2-4-19(21)31)28-23-16(12-26-29(22)23)24(32)27-15-8-6-14(25)7-9-15/h5-12,22,28,30H,2-4H2,1H3,(H,27,32). The van der Waals surface area contributed by atoms with Crippen molar-refractivity contribution in [3.05, 3.63) is 76.1 Å². The molecule has 33 heavy (non-hydrogen) atoms. The van der Waals surface area contributed by atoms with Crippen LogP contribution < -0.4 is 15.4 Å². The molecule has 9 heteroatoms. The van der Waals surface area contributed by atoms with Crippen LogP contribution in [0.4, 0.5) is 11.5 Å². The summed E-state index contributed by atoms with van der Waals surface area (Å²) in [5.74, 6) is 0.509. The summed E-state index contributed by atoms with van der Waals surface area (Å²) in [5.41, 5.74) is 3.09. The Hall–Kier alpha value is -3.78. The molecule has 168 valence electrons. The molecule has 0 bridgehead atoms. The van der Waals surface area contributed by atoms with Crippen molar-refractivity contribution in [1.29, 1.82) is 0 Å². The first-order chi connectivity index (χ1) is 16.0. The van der Waals surface area contributed by atoms with Crippen LogP contribution in [0, 0.1) is 0 Å². The smallest absolute Gasteiger partial charge is 0.261 e. The summed E-state index contributed by atoms with van der Waals surface area (Å²) in [6.45, 7) is 0. The molecule has 3 aromatic rings. The number of hydrogen-bond donors (Lipinski definition) is 3. The first kappa shape index (κ1) is 21.1. The fourth-order valence-electron chi connectivity index (χ4n) is 4.33. The maximum absolute atomic E-state index is 13.1. The van der Waals surface area contributed by atoms with Gasteiger partial charge in [-0.1, -0.05) is 17.7 Å². The Morgan fingerprint density at radius 2 is 2.03 bits per heavy atom. The van der Waals surface area contributed by atoms with E-state index in [-0.39, 0.29) is 17.4 Å². The largest absolute Gasteiger partial charge is 0.504 e. The maximum atomic E-state index is 13.1. The quantitative estimate of drug-likeness (QED) is 0.524. The number of anilines is 2. The van der Waals surface area contributed by atoms with E-state index in [4.69, 9.17) is 16.3 Å². The van der Waals surface area contributed by atoms with Gasteiger partial charge in [0.15, 0.2) is 17.3 Å². The minimum absolute atomic E-state index is 0.00285. The number of halogens is 1. The number of phenolic OH excluding ortho intramolecular Hbond substituents is 1. The maximum Gasteiger partial charge on any atom is 0.261 e. The Morgan fingerprint density at radius 3 is 2.79 bits per heavy atom. The fraction of sp³-hybridized carbons (Fsp3) is 0.208. The van der Waals surface area contributed by atoms with Gasteiger partial charge in [0.25, 0.3) is 5.91 Å². The van der Waals surface area contributed by atoms with E-state index >= 15 is 0 Å². The predicted octanol–water partition coefficient (Wildman–Crippen LogP) is 4.53. The second-order valence-corrected chi connectivity index (χ2v) is 8.38. The van der Waals surface area contributed by atoms with Crippen LogP contribution in [-0.4, -0.2) is 33.7 Å². The number of hydrogen-bond acceptors (Lipinski definition) is 6. The van der Waals surface area contributed by atoms with Crippen LogP contribution in [0.15, 0.2) is 59.9 Å². The summed E-state index contributed by atoms with van der Waals surface area (Å²) in [6.07, 6.45) is 3.36. The SMILES string of the molecule is COc1cc(C2C3=C(CCCC3=O)Nc3c(C(=O)Nc4ccc(Cl)cc4)cnn32)ccc1O. The summed E-state index contributed by atoms with van der Waals surface area (Å²) in [6, 6.07) is 11.2. The Kier molecular flexibility index (Phi) is 5.30. The summed E-state index contributed by atoms with van der Waals surface area (Å²) in [4.78, 5) is 26.0. The molecule has 0 saturated heterocycles. The highest BCUT2D eigenvalue weighted by atomic mass is 35.5. The van der Waals surface area contributed by atoms with Gasteiger partial charge in [0.1, 0.15) is 17.4 Å². The number of nitrogens with zero attached hydrogens (tertiary/aromatic N) is 2. The molecule has 1 unspecified atom stereocenters. The van der Waals surface area contributed by atoms with Crippen molar-refractivity contribution >= 4 is 34.8 Å². The molecule has 1 atom stereocenters. The molecule has 5 rings (SSSR count). The number of phenols is 1. The average Bonchev–Trinajstić information content (AvgIpc) is 3.23. The molecule has 2 aromatic carbocycles. The van der Waals surface area contributed by atoms with Gasteiger partial charge in [-0.05, 0) is 54.8 Å². The number of rotatable bonds is 4. The van der Waals surface area contributed by atoms with Gasteiger partial charge in [0.2, 0.25) is 0 Å². The highest BCUT2D eigenvalue weighted by molar-refractivity contribution is 6.30. The zero-order valence-corrected chi connectivity index (χ0v) is 18.5. The number of allylic oxidation sites excluding steroid dienone is 2. The van der Waals surface area contributed by atoms with Crippen LogP contribution in [0.2, 0.25) is 5.02 Å². The van der Waals surface area contributed by atoms with E-state index in [1.165, 1.54) is 19.4 Å². The van der Waals surface area contributed by atoms with Crippen molar-refractivity contribution in [2.75, 3.05) is 17.7 Å². The van der Waals surface area contributed by atoms with E-state index in [0.29, 0.717) is 46.3 Å². The van der Waals surface area contributed by atoms with Gasteiger partial charge in [-0.3, -0.25) is 9.59 Å². The lowest BCUT2D eigenvalue weighted by molar-refractivity contribution is -0.116. The molecule has 1 aliphatic carbocycles. The molecule has 0 saturated carbocycles. The number of ketones is 1. The summed E-state index contributed by atoms with van der Waals surface area (Å²) in [5, 5.41) is 21.2. The van der Waals surface area contributed by atoms with E-state index in [1.54, 1.807) is 41.1 Å². The van der Waals surface area contributed by atoms with Crippen LogP contribution in [0.3, 0.4) is 0 Å². The predicted molar refractivity (Wildman–Crippen MR) is 124 cm³/mol. The Labute approximate surface area is 194 Å². The molecule has 1 aromatic heterocycles. The van der Waals surface area contributed by atoms with E-state index in [1.807, 2.05) is 0 Å². The molecular formula is C24H21ClN4O4. The zero-order chi connectivity index (χ0) is 23.1. The fourth-order valence-corrected chi connectivity index (χ4v) is 4.45. The number of Topliss-reactive ketones (excluding diaryl/α,β-unsaturated/α-hetero) is 1. The number of ether oxygens (including phenoxy) is 1. The number of carbonyl (C=O) groups excluding carboxylic acids is 2. The van der Waals surface area contributed by atoms with Gasteiger partial charge in [-0.2, -0.15) is 5.10 Å². The van der Waals surface area contributed by atoms with Gasteiger partial charge in [-0.15, -0.1) is 0 Å². The lowest BCUT2D eigenvalue weighted by Gasteiger charge is -2.33. The third-order valence-electron chi connectivity index (χ3n) is 5.91. The highest BCUT2D eigenvalue weighted by Gasteiger charge is 2.37. The van der Waals surface area contributed by atoms with Crippen LogP contribution in [0.5, 0.6) is 11.5 Å². The monoisotopic (exact) mass is 464 g/mol. The Morgan fingerprint density at radius 1 is 1.24 bits per heavy atom. The molecule has 1 amide bonds. The number of aromatic nitrogens is 2. The number of amides is 1. The van der Waals surface area contributed by atoms with Crippen LogP contribution in [-0.2, 0) is 4.79 Å². The normalized spacial score (nSPS) is 17.2. The van der Waals surface area contributed by atoms with Gasteiger partial charge < -0.3 is 20.5 Å². The first-order valence-corrected chi connectivity index (χ1v) is 10.9. The van der Waals surface area contributed by atoms with E-state index in [0.717, 1.165) is 17.7 Å². The van der Waals surface area contributed by atoms with Gasteiger partial charge >= 0.3 is 0 Å². The van der Waals surface area contributed by atoms with E-state index < -0.39 is 6.04 Å². The molecule has 2 heterocycles. The van der Waals surface area contributed by atoms with Crippen LogP contribution in [0.1, 0.15) is 41.2 Å². The third-order valence-corrected chi connectivity index (χ3v) is 6.16. The van der Waals surface area contributed by atoms with Crippen molar-refractivity contribution < 1.29 is 19.4 Å². The molecule has 8 nitrogen and oxygen atoms in total. The van der Waals surface area contributed by atoms with Crippen molar-refractivity contribution in [2.45, 2.75) is 25.3 Å². The van der Waals surface area contributed by atoms with Gasteiger partial charge in [0.05, 0.1) is 13.3 Å². The van der Waals surface area contributed by atoms with Crippen molar-refractivity contribution in [2.24, 2.45) is 0 Å². The molecule has 0 spiro atoms. The molecule has 0 radical (unpaired) electrons. The molecule has 0 fully saturated rings. The lowest BCUT2D eigenvalue weighted by atomic mass is 9.85. The number of carbonyl (C=O) groups is 2. The topological polar surface area (TPSA) is 105 Å². The number of fused-ring (bicyclic) bond motifs is 1. The average molecular weight is 465 g/mol. The minimum Gasteiger partial charge on any atom is -0.504 e. The number of aromatic hydroxyl groups is 1. The Balaban J connectivity index is 1.58. The lowest BCUT2D eigenvalue weighted by Crippen LogP contribution is -2.32. The first-order valence-electron chi connectivity index (χ1n) is 10.5. The second-order valence-electron chi connectivity index (χ2n) is 7.94. The van der Waals surface area contributed by atoms with Crippen LogP contribution in [0.25, 0.3) is 0 Å². The third kappa shape index (κ3) is 3.72. The number of methoxy groups -OCH3 is 1. The second kappa shape index (κ2) is 8.29. The summed E-state index contributed by atoms with van der Waals surface area (Å²) in [7, 11) is 1.47. The molecular weight excluding hydrogens is 444 g/mol. The summed E-state index contributed by atoms with van der Waals surface area (Å²) >= 11 is 5.93. The Bertz CT molecular complexity index is 1300. The van der Waals surface area contributed by atoms with Crippen molar-refractivity contribution in [3.8, 4) is 11.5 Å². The molecule has 1 aliphatic heterocycles. The molecule has 2 aliphatic rings. The van der Waals surface area contributed by atoms with Gasteiger partial charge in [-0.25, -0.2) is 4.68 Å². The van der Waals surface area contributed by atoms with Crippen LogP contribution >= 0.6 is 11.6 Å². The van der Waals surface area contributed by atoms with Crippen molar-refractivity contribution in [3.63, 3.8) is 0 Å². The van der Waals surface area contributed by atoms with E-state index in [9.17, 15) is 14.7 Å². The minimum atomic E-state index is -0.546. The van der Waals surface area contributed by atoms with Gasteiger partial charge in [0, 0.05) is 28.4 Å². The molecule has 3 N–H and O–H groups in total. The highest BCUT2D eigenvalue weighted by Crippen LogP contribution is 2.43. The number of nitrogens with one attached hydrogen (secondary N) is 2. The van der Waals surface area contributed by atoms with Crippen molar-refractivity contribution in [1.82, 2.24) is 9.78 Å². The number of benzene rings is 2.